The fourth-order valence-corrected chi connectivity index (χ4v) is 1.66. The quantitative estimate of drug-likeness (QED) is 0.827. The van der Waals surface area contributed by atoms with Gasteiger partial charge in [0.25, 0.3) is 0 Å². The Kier molecular flexibility index (Phi) is 4.03. The molecule has 0 saturated heterocycles. The van der Waals surface area contributed by atoms with Crippen LogP contribution in [-0.4, -0.2) is 5.91 Å². The minimum atomic E-state index is -0.0799. The summed E-state index contributed by atoms with van der Waals surface area (Å²) >= 11 is 0. The number of amides is 1. The third-order valence-corrected chi connectivity index (χ3v) is 2.54. The van der Waals surface area contributed by atoms with Crippen LogP contribution in [-0.2, 0) is 11.4 Å². The summed E-state index contributed by atoms with van der Waals surface area (Å²) in [7, 11) is 0. The molecule has 98 valence electrons. The van der Waals surface area contributed by atoms with Gasteiger partial charge in [0.15, 0.2) is 0 Å². The van der Waals surface area contributed by atoms with E-state index in [4.69, 9.17) is 10.5 Å². The van der Waals surface area contributed by atoms with Gasteiger partial charge in [0.2, 0.25) is 5.91 Å². The summed E-state index contributed by atoms with van der Waals surface area (Å²) in [5.41, 5.74) is 8.16. The van der Waals surface area contributed by atoms with E-state index in [2.05, 4.69) is 5.32 Å². The van der Waals surface area contributed by atoms with E-state index in [0.29, 0.717) is 12.3 Å². The summed E-state index contributed by atoms with van der Waals surface area (Å²) in [5.74, 6) is 0.662. The molecule has 0 atom stereocenters. The standard InChI is InChI=1S/C15H16N2O2/c1-11(18)17-14-7-5-12(6-8-14)10-19-15-4-2-3-13(16)9-15/h2-9H,10,16H2,1H3,(H,17,18). The van der Waals surface area contributed by atoms with Crippen LogP contribution >= 0.6 is 0 Å². The lowest BCUT2D eigenvalue weighted by atomic mass is 10.2. The van der Waals surface area contributed by atoms with Gasteiger partial charge in [-0.1, -0.05) is 18.2 Å². The monoisotopic (exact) mass is 256 g/mol. The largest absolute Gasteiger partial charge is 0.489 e. The van der Waals surface area contributed by atoms with Gasteiger partial charge < -0.3 is 15.8 Å². The number of anilines is 2. The molecule has 0 radical (unpaired) electrons. The maximum atomic E-state index is 10.9. The Hall–Kier alpha value is -2.49. The number of nitrogens with one attached hydrogen (secondary N) is 1. The number of ether oxygens (including phenoxy) is 1. The van der Waals surface area contributed by atoms with Gasteiger partial charge in [-0.3, -0.25) is 4.79 Å². The number of carbonyl (C=O) groups excluding carboxylic acids is 1. The molecule has 0 saturated carbocycles. The van der Waals surface area contributed by atoms with Gasteiger partial charge in [-0.05, 0) is 29.8 Å². The molecule has 0 aliphatic rings. The van der Waals surface area contributed by atoms with Crippen molar-refractivity contribution in [2.45, 2.75) is 13.5 Å². The summed E-state index contributed by atoms with van der Waals surface area (Å²) in [6, 6.07) is 14.8. The highest BCUT2D eigenvalue weighted by Gasteiger charge is 1.98. The molecule has 2 rings (SSSR count). The minimum Gasteiger partial charge on any atom is -0.489 e. The van der Waals surface area contributed by atoms with Gasteiger partial charge in [0.1, 0.15) is 12.4 Å². The summed E-state index contributed by atoms with van der Waals surface area (Å²) in [6.07, 6.45) is 0. The zero-order valence-electron chi connectivity index (χ0n) is 10.7. The van der Waals surface area contributed by atoms with Crippen molar-refractivity contribution in [2.24, 2.45) is 0 Å². The van der Waals surface area contributed by atoms with Crippen molar-refractivity contribution in [1.29, 1.82) is 0 Å². The molecule has 4 nitrogen and oxygen atoms in total. The van der Waals surface area contributed by atoms with E-state index in [-0.39, 0.29) is 5.91 Å². The predicted molar refractivity (Wildman–Crippen MR) is 75.9 cm³/mol. The molecule has 3 N–H and O–H groups in total. The van der Waals surface area contributed by atoms with Crippen LogP contribution < -0.4 is 15.8 Å². The Morgan fingerprint density at radius 3 is 2.58 bits per heavy atom. The molecule has 0 fully saturated rings. The molecule has 1 amide bonds. The van der Waals surface area contributed by atoms with Gasteiger partial charge >= 0.3 is 0 Å². The van der Waals surface area contributed by atoms with Crippen LogP contribution in [0, 0.1) is 0 Å². The Balaban J connectivity index is 1.94. The fourth-order valence-electron chi connectivity index (χ4n) is 1.66. The van der Waals surface area contributed by atoms with Crippen LogP contribution in [0.15, 0.2) is 48.5 Å². The first-order valence-corrected chi connectivity index (χ1v) is 5.98. The van der Waals surface area contributed by atoms with Crippen molar-refractivity contribution < 1.29 is 9.53 Å². The summed E-state index contributed by atoms with van der Waals surface area (Å²) in [6.45, 7) is 1.95. The normalized spacial score (nSPS) is 9.95. The summed E-state index contributed by atoms with van der Waals surface area (Å²) in [4.78, 5) is 10.9. The molecule has 0 aromatic heterocycles. The van der Waals surface area contributed by atoms with Crippen LogP contribution in [0.4, 0.5) is 11.4 Å². The maximum Gasteiger partial charge on any atom is 0.221 e. The predicted octanol–water partition coefficient (Wildman–Crippen LogP) is 2.81. The smallest absolute Gasteiger partial charge is 0.221 e. The van der Waals surface area contributed by atoms with Crippen LogP contribution in [0.3, 0.4) is 0 Å². The molecule has 0 bridgehead atoms. The first-order chi connectivity index (χ1) is 9.13. The highest BCUT2D eigenvalue weighted by molar-refractivity contribution is 5.88. The van der Waals surface area contributed by atoms with E-state index in [1.807, 2.05) is 42.5 Å². The first kappa shape index (κ1) is 13.0. The van der Waals surface area contributed by atoms with E-state index in [0.717, 1.165) is 17.0 Å². The average Bonchev–Trinajstić information content (AvgIpc) is 2.37. The molecule has 0 aliphatic heterocycles. The molecular formula is C15H16N2O2. The highest BCUT2D eigenvalue weighted by Crippen LogP contribution is 2.17. The Morgan fingerprint density at radius 1 is 1.21 bits per heavy atom. The molecule has 0 heterocycles. The minimum absolute atomic E-state index is 0.0799. The van der Waals surface area contributed by atoms with Gasteiger partial charge in [-0.25, -0.2) is 0 Å². The SMILES string of the molecule is CC(=O)Nc1ccc(COc2cccc(N)c2)cc1. The lowest BCUT2D eigenvalue weighted by molar-refractivity contribution is -0.114. The number of carbonyl (C=O) groups is 1. The number of hydrogen-bond donors (Lipinski definition) is 2. The third-order valence-electron chi connectivity index (χ3n) is 2.54. The zero-order chi connectivity index (χ0) is 13.7. The van der Waals surface area contributed by atoms with Gasteiger partial charge in [-0.2, -0.15) is 0 Å². The number of benzene rings is 2. The molecule has 2 aromatic carbocycles. The second-order valence-corrected chi connectivity index (χ2v) is 4.24. The van der Waals surface area contributed by atoms with Crippen LogP contribution in [0.1, 0.15) is 12.5 Å². The van der Waals surface area contributed by atoms with Crippen molar-refractivity contribution in [2.75, 3.05) is 11.1 Å². The van der Waals surface area contributed by atoms with Gasteiger partial charge in [-0.15, -0.1) is 0 Å². The summed E-state index contributed by atoms with van der Waals surface area (Å²) in [5, 5.41) is 2.72. The van der Waals surface area contributed by atoms with E-state index in [1.165, 1.54) is 6.92 Å². The molecule has 19 heavy (non-hydrogen) atoms. The van der Waals surface area contributed by atoms with Crippen molar-refractivity contribution in [3.8, 4) is 5.75 Å². The van der Waals surface area contributed by atoms with Gasteiger partial charge in [0, 0.05) is 24.4 Å². The maximum absolute atomic E-state index is 10.9. The fraction of sp³-hybridized carbons (Fsp3) is 0.133. The zero-order valence-corrected chi connectivity index (χ0v) is 10.7. The molecule has 0 unspecified atom stereocenters. The topological polar surface area (TPSA) is 64.3 Å². The first-order valence-electron chi connectivity index (χ1n) is 5.98. The second kappa shape index (κ2) is 5.91. The number of nitrogen functional groups attached to an aromatic ring is 1. The van der Waals surface area contributed by atoms with E-state index < -0.39 is 0 Å². The van der Waals surface area contributed by atoms with Crippen molar-refractivity contribution in [1.82, 2.24) is 0 Å². The third kappa shape index (κ3) is 4.03. The molecule has 0 spiro atoms. The Labute approximate surface area is 112 Å². The molecule has 4 heteroatoms. The number of hydrogen-bond acceptors (Lipinski definition) is 3. The average molecular weight is 256 g/mol. The van der Waals surface area contributed by atoms with Crippen LogP contribution in [0.25, 0.3) is 0 Å². The number of nitrogens with two attached hydrogens (primary N) is 1. The van der Waals surface area contributed by atoms with E-state index in [9.17, 15) is 4.79 Å². The van der Waals surface area contributed by atoms with Crippen LogP contribution in [0.2, 0.25) is 0 Å². The summed E-state index contributed by atoms with van der Waals surface area (Å²) < 4.78 is 5.63. The second-order valence-electron chi connectivity index (χ2n) is 4.24. The van der Waals surface area contributed by atoms with E-state index in [1.54, 1.807) is 6.07 Å². The Morgan fingerprint density at radius 2 is 1.95 bits per heavy atom. The lowest BCUT2D eigenvalue weighted by Gasteiger charge is -2.08. The lowest BCUT2D eigenvalue weighted by Crippen LogP contribution is -2.05. The van der Waals surface area contributed by atoms with Crippen molar-refractivity contribution in [3.05, 3.63) is 54.1 Å². The van der Waals surface area contributed by atoms with Crippen molar-refractivity contribution in [3.63, 3.8) is 0 Å². The van der Waals surface area contributed by atoms with Gasteiger partial charge in [0.05, 0.1) is 0 Å². The van der Waals surface area contributed by atoms with Crippen LogP contribution in [0.5, 0.6) is 5.75 Å². The highest BCUT2D eigenvalue weighted by atomic mass is 16.5. The number of rotatable bonds is 4. The molecular weight excluding hydrogens is 240 g/mol. The molecule has 2 aromatic rings. The Bertz CT molecular complexity index is 565. The molecule has 0 aliphatic carbocycles. The van der Waals surface area contributed by atoms with E-state index >= 15 is 0 Å². The van der Waals surface area contributed by atoms with Crippen molar-refractivity contribution >= 4 is 17.3 Å².